The van der Waals surface area contributed by atoms with Crippen molar-refractivity contribution < 1.29 is 19.5 Å². The zero-order valence-electron chi connectivity index (χ0n) is 14.6. The smallest absolute Gasteiger partial charge is 0.315 e. The van der Waals surface area contributed by atoms with Crippen molar-refractivity contribution in [3.63, 3.8) is 0 Å². The van der Waals surface area contributed by atoms with Crippen molar-refractivity contribution in [2.75, 3.05) is 20.6 Å². The number of carbonyl (C=O) groups excluding carboxylic acids is 2. The van der Waals surface area contributed by atoms with Crippen molar-refractivity contribution in [1.82, 2.24) is 15.5 Å². The van der Waals surface area contributed by atoms with Crippen LogP contribution in [0.3, 0.4) is 0 Å². The molecule has 2 rings (SSSR count). The summed E-state index contributed by atoms with van der Waals surface area (Å²) in [5, 5.41) is 14.8. The third-order valence-corrected chi connectivity index (χ3v) is 5.42. The first-order chi connectivity index (χ1) is 11.3. The fourth-order valence-corrected chi connectivity index (χ4v) is 3.96. The van der Waals surface area contributed by atoms with Gasteiger partial charge in [0.1, 0.15) is 0 Å². The third-order valence-electron chi connectivity index (χ3n) is 5.42. The van der Waals surface area contributed by atoms with E-state index < -0.39 is 11.4 Å². The fourth-order valence-electron chi connectivity index (χ4n) is 3.96. The Morgan fingerprint density at radius 2 is 1.67 bits per heavy atom. The SMILES string of the molecule is CN(C)C(=O)C1(CNC(=O)NC2CCC(C(=O)O)CC2)CCCC1. The Balaban J connectivity index is 1.80. The van der Waals surface area contributed by atoms with Crippen molar-refractivity contribution >= 4 is 17.9 Å². The minimum Gasteiger partial charge on any atom is -0.481 e. The molecule has 0 saturated heterocycles. The van der Waals surface area contributed by atoms with Gasteiger partial charge in [-0.25, -0.2) is 4.79 Å². The number of carboxylic acid groups (broad SMARTS) is 1. The summed E-state index contributed by atoms with van der Waals surface area (Å²) in [5.41, 5.74) is -0.470. The maximum Gasteiger partial charge on any atom is 0.315 e. The number of carboxylic acids is 1. The van der Waals surface area contributed by atoms with Crippen LogP contribution in [0.4, 0.5) is 4.79 Å². The molecule has 7 heteroatoms. The molecule has 3 N–H and O–H groups in total. The van der Waals surface area contributed by atoms with Crippen molar-refractivity contribution in [2.45, 2.75) is 57.4 Å². The number of hydrogen-bond acceptors (Lipinski definition) is 3. The van der Waals surface area contributed by atoms with Gasteiger partial charge in [-0.15, -0.1) is 0 Å². The second-order valence-corrected chi connectivity index (χ2v) is 7.40. The molecule has 0 radical (unpaired) electrons. The average Bonchev–Trinajstić information content (AvgIpc) is 3.02. The van der Waals surface area contributed by atoms with Crippen LogP contribution in [0.25, 0.3) is 0 Å². The lowest BCUT2D eigenvalue weighted by atomic mass is 9.84. The van der Waals surface area contributed by atoms with E-state index in [4.69, 9.17) is 5.11 Å². The molecule has 0 atom stereocenters. The molecule has 3 amide bonds. The number of hydrogen-bond donors (Lipinski definition) is 3. The van der Waals surface area contributed by atoms with Gasteiger partial charge in [-0.05, 0) is 38.5 Å². The van der Waals surface area contributed by atoms with Crippen LogP contribution in [0.1, 0.15) is 51.4 Å². The first kappa shape index (κ1) is 18.5. The average molecular weight is 339 g/mol. The molecule has 0 heterocycles. The molecule has 2 saturated carbocycles. The highest BCUT2D eigenvalue weighted by Crippen LogP contribution is 2.38. The zero-order valence-corrected chi connectivity index (χ0v) is 14.6. The number of urea groups is 1. The molecule has 0 aliphatic heterocycles. The van der Waals surface area contributed by atoms with Gasteiger partial charge >= 0.3 is 12.0 Å². The van der Waals surface area contributed by atoms with Crippen LogP contribution in [0.2, 0.25) is 0 Å². The first-order valence-corrected chi connectivity index (χ1v) is 8.83. The number of aliphatic carboxylic acids is 1. The van der Waals surface area contributed by atoms with E-state index in [1.54, 1.807) is 19.0 Å². The monoisotopic (exact) mass is 339 g/mol. The number of nitrogens with one attached hydrogen (secondary N) is 2. The Hall–Kier alpha value is -1.79. The van der Waals surface area contributed by atoms with Gasteiger partial charge in [0, 0.05) is 26.7 Å². The molecule has 0 unspecified atom stereocenters. The van der Waals surface area contributed by atoms with Crippen LogP contribution >= 0.6 is 0 Å². The highest BCUT2D eigenvalue weighted by Gasteiger charge is 2.42. The highest BCUT2D eigenvalue weighted by atomic mass is 16.4. The Morgan fingerprint density at radius 3 is 2.17 bits per heavy atom. The molecule has 2 fully saturated rings. The van der Waals surface area contributed by atoms with Gasteiger partial charge in [-0.1, -0.05) is 12.8 Å². The highest BCUT2D eigenvalue weighted by molar-refractivity contribution is 5.84. The number of nitrogens with zero attached hydrogens (tertiary/aromatic N) is 1. The van der Waals surface area contributed by atoms with Crippen molar-refractivity contribution in [3.8, 4) is 0 Å². The van der Waals surface area contributed by atoms with Gasteiger partial charge in [-0.2, -0.15) is 0 Å². The van der Waals surface area contributed by atoms with Gasteiger partial charge in [0.05, 0.1) is 11.3 Å². The topological polar surface area (TPSA) is 98.7 Å². The summed E-state index contributed by atoms with van der Waals surface area (Å²) in [6.45, 7) is 0.361. The van der Waals surface area contributed by atoms with Crippen LogP contribution in [0, 0.1) is 11.3 Å². The molecule has 2 aliphatic carbocycles. The molecule has 24 heavy (non-hydrogen) atoms. The van der Waals surface area contributed by atoms with E-state index in [2.05, 4.69) is 10.6 Å². The largest absolute Gasteiger partial charge is 0.481 e. The van der Waals surface area contributed by atoms with E-state index in [1.165, 1.54) is 0 Å². The lowest BCUT2D eigenvalue weighted by Crippen LogP contribution is -2.50. The van der Waals surface area contributed by atoms with E-state index >= 15 is 0 Å². The number of amides is 3. The summed E-state index contributed by atoms with van der Waals surface area (Å²) in [5.74, 6) is -0.948. The van der Waals surface area contributed by atoms with Crippen LogP contribution in [0.5, 0.6) is 0 Å². The quantitative estimate of drug-likeness (QED) is 0.708. The summed E-state index contributed by atoms with van der Waals surface area (Å²) in [6.07, 6.45) is 6.23. The van der Waals surface area contributed by atoms with Crippen molar-refractivity contribution in [2.24, 2.45) is 11.3 Å². The molecule has 0 bridgehead atoms. The summed E-state index contributed by atoms with van der Waals surface area (Å²) < 4.78 is 0. The van der Waals surface area contributed by atoms with Crippen LogP contribution in [-0.2, 0) is 9.59 Å². The minimum absolute atomic E-state index is 0.0182. The summed E-state index contributed by atoms with van der Waals surface area (Å²) in [7, 11) is 3.51. The predicted octanol–water partition coefficient (Wildman–Crippen LogP) is 1.58. The summed E-state index contributed by atoms with van der Waals surface area (Å²) >= 11 is 0. The van der Waals surface area contributed by atoms with E-state index in [1.807, 2.05) is 0 Å². The first-order valence-electron chi connectivity index (χ1n) is 8.83. The minimum atomic E-state index is -0.747. The second-order valence-electron chi connectivity index (χ2n) is 7.40. The van der Waals surface area contributed by atoms with Crippen molar-refractivity contribution in [3.05, 3.63) is 0 Å². The summed E-state index contributed by atoms with van der Waals surface area (Å²) in [4.78, 5) is 37.2. The molecule has 2 aliphatic rings. The van der Waals surface area contributed by atoms with E-state index in [0.717, 1.165) is 25.7 Å². The van der Waals surface area contributed by atoms with Crippen LogP contribution in [-0.4, -0.2) is 54.6 Å². The molecule has 0 aromatic rings. The van der Waals surface area contributed by atoms with Crippen LogP contribution in [0.15, 0.2) is 0 Å². The van der Waals surface area contributed by atoms with Crippen LogP contribution < -0.4 is 10.6 Å². The molecule has 0 spiro atoms. The van der Waals surface area contributed by atoms with Gasteiger partial charge in [-0.3, -0.25) is 9.59 Å². The summed E-state index contributed by atoms with van der Waals surface area (Å²) in [6, 6.07) is -0.240. The maximum atomic E-state index is 12.5. The normalized spacial score (nSPS) is 25.8. The van der Waals surface area contributed by atoms with Gasteiger partial charge in [0.2, 0.25) is 5.91 Å². The zero-order chi connectivity index (χ0) is 17.7. The number of rotatable bonds is 5. The van der Waals surface area contributed by atoms with E-state index in [9.17, 15) is 14.4 Å². The Labute approximate surface area is 143 Å². The molecular formula is C17H29N3O4. The Morgan fingerprint density at radius 1 is 1.08 bits per heavy atom. The molecule has 7 nitrogen and oxygen atoms in total. The van der Waals surface area contributed by atoms with E-state index in [-0.39, 0.29) is 23.9 Å². The standard InChI is InChI=1S/C17H29N3O4/c1-20(2)15(23)17(9-3-4-10-17)11-18-16(24)19-13-7-5-12(6-8-13)14(21)22/h12-13H,3-11H2,1-2H3,(H,21,22)(H2,18,19,24). The van der Waals surface area contributed by atoms with E-state index in [0.29, 0.717) is 32.2 Å². The number of carbonyl (C=O) groups is 3. The predicted molar refractivity (Wildman–Crippen MR) is 89.5 cm³/mol. The Bertz CT molecular complexity index is 478. The lowest BCUT2D eigenvalue weighted by molar-refractivity contribution is -0.143. The molecule has 0 aromatic heterocycles. The van der Waals surface area contributed by atoms with Crippen molar-refractivity contribution in [1.29, 1.82) is 0 Å². The lowest BCUT2D eigenvalue weighted by Gasteiger charge is -2.31. The maximum absolute atomic E-state index is 12.5. The second kappa shape index (κ2) is 7.85. The molecule has 0 aromatic carbocycles. The third kappa shape index (κ3) is 4.39. The van der Waals surface area contributed by atoms with Gasteiger partial charge in [0.25, 0.3) is 0 Å². The fraction of sp³-hybridized carbons (Fsp3) is 0.824. The van der Waals surface area contributed by atoms with Gasteiger partial charge < -0.3 is 20.6 Å². The van der Waals surface area contributed by atoms with Gasteiger partial charge in [0.15, 0.2) is 0 Å². The molecule has 136 valence electrons. The molecular weight excluding hydrogens is 310 g/mol. The Kier molecular flexibility index (Phi) is 6.07.